The van der Waals surface area contributed by atoms with Crippen molar-refractivity contribution >= 4 is 24.1 Å². The molecular formula is C34H26O4. The number of ketones is 2. The molecule has 0 amide bonds. The summed E-state index contributed by atoms with van der Waals surface area (Å²) >= 11 is 0. The average Bonchev–Trinajstić information content (AvgIpc) is 3.03. The fourth-order valence-corrected chi connectivity index (χ4v) is 3.32. The van der Waals surface area contributed by atoms with E-state index in [4.69, 9.17) is 0 Å². The monoisotopic (exact) mass is 498 g/mol. The van der Waals surface area contributed by atoms with Crippen molar-refractivity contribution in [3.63, 3.8) is 0 Å². The summed E-state index contributed by atoms with van der Waals surface area (Å²) in [6, 6.07) is 43.4. The van der Waals surface area contributed by atoms with Gasteiger partial charge in [-0.2, -0.15) is 0 Å². The van der Waals surface area contributed by atoms with Crippen LogP contribution in [-0.4, -0.2) is 24.1 Å². The third kappa shape index (κ3) is 8.47. The summed E-state index contributed by atoms with van der Waals surface area (Å²) in [5.41, 5.74) is 3.64. The Morgan fingerprint density at radius 1 is 0.342 bits per heavy atom. The molecule has 0 heterocycles. The molecule has 0 saturated carbocycles. The van der Waals surface area contributed by atoms with Gasteiger partial charge in [-0.15, -0.1) is 0 Å². The fourth-order valence-electron chi connectivity index (χ4n) is 3.32. The lowest BCUT2D eigenvalue weighted by Gasteiger charge is -2.00. The van der Waals surface area contributed by atoms with Gasteiger partial charge in [0.25, 0.3) is 0 Å². The maximum absolute atomic E-state index is 12.0. The molecule has 4 nitrogen and oxygen atoms in total. The van der Waals surface area contributed by atoms with Crippen LogP contribution in [-0.2, 0) is 0 Å². The molecule has 38 heavy (non-hydrogen) atoms. The first-order chi connectivity index (χ1) is 18.6. The van der Waals surface area contributed by atoms with Crippen molar-refractivity contribution < 1.29 is 19.2 Å². The van der Waals surface area contributed by atoms with Crippen LogP contribution in [0.15, 0.2) is 146 Å². The highest BCUT2D eigenvalue weighted by molar-refractivity contribution is 6.09. The maximum Gasteiger partial charge on any atom is 0.193 e. The van der Waals surface area contributed by atoms with E-state index in [2.05, 4.69) is 0 Å². The Bertz CT molecular complexity index is 1300. The molecule has 0 aliphatic rings. The van der Waals surface area contributed by atoms with Gasteiger partial charge < -0.3 is 0 Å². The molecule has 5 rings (SSSR count). The van der Waals surface area contributed by atoms with Gasteiger partial charge in [-0.1, -0.05) is 146 Å². The van der Waals surface area contributed by atoms with Gasteiger partial charge in [0.05, 0.1) is 0 Å². The highest BCUT2D eigenvalue weighted by Crippen LogP contribution is 2.11. The van der Waals surface area contributed by atoms with E-state index in [1.807, 2.05) is 72.8 Å². The molecule has 186 valence electrons. The molecule has 0 N–H and O–H groups in total. The second-order valence-electron chi connectivity index (χ2n) is 8.02. The van der Waals surface area contributed by atoms with Gasteiger partial charge in [0.15, 0.2) is 11.6 Å². The summed E-state index contributed by atoms with van der Waals surface area (Å²) in [6.07, 6.45) is 1.52. The van der Waals surface area contributed by atoms with Crippen molar-refractivity contribution in [2.24, 2.45) is 0 Å². The topological polar surface area (TPSA) is 68.3 Å². The number of rotatable bonds is 6. The number of benzene rings is 5. The van der Waals surface area contributed by atoms with Crippen LogP contribution in [0.5, 0.6) is 0 Å². The molecule has 0 bridgehead atoms. The number of hydrogen-bond donors (Lipinski definition) is 0. The molecule has 0 unspecified atom stereocenters. The minimum Gasteiger partial charge on any atom is -0.298 e. The second-order valence-corrected chi connectivity index (χ2v) is 8.02. The quantitative estimate of drug-likeness (QED) is 0.184. The molecule has 0 radical (unpaired) electrons. The lowest BCUT2D eigenvalue weighted by molar-refractivity contribution is 0.103. The summed E-state index contributed by atoms with van der Waals surface area (Å²) in [7, 11) is 0. The number of carbonyl (C=O) groups is 4. The normalized spacial score (nSPS) is 9.47. The third-order valence-corrected chi connectivity index (χ3v) is 5.36. The van der Waals surface area contributed by atoms with Crippen LogP contribution in [0.1, 0.15) is 52.6 Å². The minimum atomic E-state index is -0.0296. The van der Waals surface area contributed by atoms with Gasteiger partial charge in [-0.3, -0.25) is 19.2 Å². The number of carbonyl (C=O) groups excluding carboxylic acids is 4. The largest absolute Gasteiger partial charge is 0.298 e. The van der Waals surface area contributed by atoms with Gasteiger partial charge in [-0.25, -0.2) is 0 Å². The first kappa shape index (κ1) is 27.4. The van der Waals surface area contributed by atoms with Crippen LogP contribution < -0.4 is 0 Å². The first-order valence-corrected chi connectivity index (χ1v) is 11.9. The van der Waals surface area contributed by atoms with E-state index in [1.165, 1.54) is 0 Å². The fraction of sp³-hybridized carbons (Fsp3) is 0. The van der Waals surface area contributed by atoms with Crippen molar-refractivity contribution in [3.05, 3.63) is 179 Å². The van der Waals surface area contributed by atoms with Crippen molar-refractivity contribution in [3.8, 4) is 0 Å². The zero-order chi connectivity index (χ0) is 27.0. The Morgan fingerprint density at radius 3 is 0.842 bits per heavy atom. The Hall–Kier alpha value is -5.22. The predicted octanol–water partition coefficient (Wildman–Crippen LogP) is 7.15. The first-order valence-electron chi connectivity index (χ1n) is 11.9. The van der Waals surface area contributed by atoms with Crippen LogP contribution in [0.2, 0.25) is 0 Å². The standard InChI is InChI=1S/2C14H10O2.C6H6/c2*15-10-11-6-8-13(9-7-11)14(16)12-4-2-1-3-5-12;1-2-4-6-5-3-1/h2*1-10H;1-6H. The summed E-state index contributed by atoms with van der Waals surface area (Å²) in [4.78, 5) is 44.9. The predicted molar refractivity (Wildman–Crippen MR) is 150 cm³/mol. The molecule has 0 fully saturated rings. The average molecular weight is 499 g/mol. The number of aldehydes is 2. The van der Waals surface area contributed by atoms with E-state index < -0.39 is 0 Å². The summed E-state index contributed by atoms with van der Waals surface area (Å²) in [6.45, 7) is 0. The Balaban J connectivity index is 0.000000173. The Kier molecular flexibility index (Phi) is 10.8. The molecule has 0 aliphatic carbocycles. The molecule has 0 spiro atoms. The maximum atomic E-state index is 12.0. The molecule has 4 heteroatoms. The Labute approximate surface area is 222 Å². The van der Waals surface area contributed by atoms with Gasteiger partial charge in [0, 0.05) is 33.4 Å². The third-order valence-electron chi connectivity index (χ3n) is 5.36. The number of hydrogen-bond acceptors (Lipinski definition) is 4. The van der Waals surface area contributed by atoms with Crippen LogP contribution in [0, 0.1) is 0 Å². The SMILES string of the molecule is O=Cc1ccc(C(=O)c2ccccc2)cc1.O=Cc1ccc(C(=O)c2ccccc2)cc1.c1ccccc1. The van der Waals surface area contributed by atoms with E-state index in [-0.39, 0.29) is 11.6 Å². The van der Waals surface area contributed by atoms with E-state index in [9.17, 15) is 19.2 Å². The van der Waals surface area contributed by atoms with Gasteiger partial charge in [0.2, 0.25) is 0 Å². The van der Waals surface area contributed by atoms with Crippen LogP contribution in [0.25, 0.3) is 0 Å². The zero-order valence-corrected chi connectivity index (χ0v) is 20.6. The molecule has 5 aromatic rings. The van der Waals surface area contributed by atoms with Crippen molar-refractivity contribution in [2.45, 2.75) is 0 Å². The molecule has 0 atom stereocenters. The summed E-state index contributed by atoms with van der Waals surface area (Å²) in [5.74, 6) is -0.0592. The summed E-state index contributed by atoms with van der Waals surface area (Å²) < 4.78 is 0. The van der Waals surface area contributed by atoms with Crippen LogP contribution >= 0.6 is 0 Å². The van der Waals surface area contributed by atoms with Gasteiger partial charge in [0.1, 0.15) is 12.6 Å². The lowest BCUT2D eigenvalue weighted by Crippen LogP contribution is -2.00. The Morgan fingerprint density at radius 2 is 0.579 bits per heavy atom. The van der Waals surface area contributed by atoms with Crippen molar-refractivity contribution in [1.82, 2.24) is 0 Å². The molecule has 5 aromatic carbocycles. The highest BCUT2D eigenvalue weighted by Gasteiger charge is 2.08. The van der Waals surface area contributed by atoms with Crippen molar-refractivity contribution in [1.29, 1.82) is 0 Å². The highest BCUT2D eigenvalue weighted by atomic mass is 16.1. The van der Waals surface area contributed by atoms with Gasteiger partial charge in [-0.05, 0) is 0 Å². The van der Waals surface area contributed by atoms with Crippen LogP contribution in [0.3, 0.4) is 0 Å². The van der Waals surface area contributed by atoms with E-state index >= 15 is 0 Å². The van der Waals surface area contributed by atoms with Crippen molar-refractivity contribution in [2.75, 3.05) is 0 Å². The molecule has 0 saturated heterocycles. The van der Waals surface area contributed by atoms with E-state index in [1.54, 1.807) is 72.8 Å². The zero-order valence-electron chi connectivity index (χ0n) is 20.6. The minimum absolute atomic E-state index is 0.0296. The summed E-state index contributed by atoms with van der Waals surface area (Å²) in [5, 5.41) is 0. The van der Waals surface area contributed by atoms with E-state index in [0.717, 1.165) is 12.6 Å². The van der Waals surface area contributed by atoms with Crippen LogP contribution in [0.4, 0.5) is 0 Å². The van der Waals surface area contributed by atoms with Gasteiger partial charge >= 0.3 is 0 Å². The van der Waals surface area contributed by atoms with E-state index in [0.29, 0.717) is 33.4 Å². The molecule has 0 aliphatic heterocycles. The smallest absolute Gasteiger partial charge is 0.193 e. The second kappa shape index (κ2) is 15.0. The lowest BCUT2D eigenvalue weighted by atomic mass is 10.0. The molecule has 0 aromatic heterocycles. The molecular weight excluding hydrogens is 472 g/mol.